The second-order valence-corrected chi connectivity index (χ2v) is 7.19. The highest BCUT2D eigenvalue weighted by atomic mass is 79.9. The Labute approximate surface area is 164 Å². The van der Waals surface area contributed by atoms with Gasteiger partial charge in [-0.25, -0.2) is 9.97 Å². The smallest absolute Gasteiger partial charge is 0.262 e. The molecule has 3 aromatic rings. The van der Waals surface area contributed by atoms with Crippen LogP contribution < -0.4 is 10.1 Å². The summed E-state index contributed by atoms with van der Waals surface area (Å²) in [7, 11) is 0. The number of nitrogens with zero attached hydrogens (tertiary/aromatic N) is 5. The Balaban J connectivity index is 1.77. The molecule has 1 atom stereocenters. The highest BCUT2D eigenvalue weighted by Crippen LogP contribution is 2.25. The second-order valence-electron chi connectivity index (χ2n) is 6.27. The summed E-state index contributed by atoms with van der Waals surface area (Å²) in [6, 6.07) is 7.27. The van der Waals surface area contributed by atoms with Crippen molar-refractivity contribution in [3.63, 3.8) is 0 Å². The fraction of sp³-hybridized carbons (Fsp3) is 0.278. The summed E-state index contributed by atoms with van der Waals surface area (Å²) in [6.07, 6.45) is 4.97. The topological polar surface area (TPSA) is 94.8 Å². The maximum atomic E-state index is 12.8. The van der Waals surface area contributed by atoms with E-state index in [-0.39, 0.29) is 11.9 Å². The Kier molecular flexibility index (Phi) is 4.85. The molecular weight excluding hydrogens is 412 g/mol. The number of carbonyl (C=O) groups excluding carboxylic acids is 1. The summed E-state index contributed by atoms with van der Waals surface area (Å²) in [5.74, 6) is 1.06. The van der Waals surface area contributed by atoms with Crippen LogP contribution in [0.5, 0.6) is 5.88 Å². The van der Waals surface area contributed by atoms with E-state index < -0.39 is 0 Å². The monoisotopic (exact) mass is 428 g/mol. The van der Waals surface area contributed by atoms with Crippen LogP contribution in [0.25, 0.3) is 11.5 Å². The molecular formula is C18H17BrN6O2. The Hall–Kier alpha value is -2.81. The van der Waals surface area contributed by atoms with E-state index in [2.05, 4.69) is 48.3 Å². The zero-order valence-corrected chi connectivity index (χ0v) is 16.2. The number of aromatic nitrogens is 5. The van der Waals surface area contributed by atoms with Crippen LogP contribution in [0.15, 0.2) is 41.3 Å². The predicted octanol–water partition coefficient (Wildman–Crippen LogP) is 3.48. The molecule has 8 nitrogen and oxygen atoms in total. The predicted molar refractivity (Wildman–Crippen MR) is 103 cm³/mol. The highest BCUT2D eigenvalue weighted by Gasteiger charge is 2.19. The third kappa shape index (κ3) is 3.68. The third-order valence-corrected chi connectivity index (χ3v) is 4.77. The van der Waals surface area contributed by atoms with Gasteiger partial charge in [0.05, 0.1) is 6.61 Å². The molecule has 1 N–H and O–H groups in total. The number of pyridine rings is 2. The lowest BCUT2D eigenvalue weighted by Gasteiger charge is -2.17. The first-order chi connectivity index (χ1) is 13.1. The van der Waals surface area contributed by atoms with Crippen LogP contribution in [0, 0.1) is 0 Å². The summed E-state index contributed by atoms with van der Waals surface area (Å²) in [5, 5.41) is 11.0. The van der Waals surface area contributed by atoms with E-state index in [9.17, 15) is 4.79 Å². The molecule has 4 rings (SSSR count). The molecule has 0 fully saturated rings. The minimum absolute atomic E-state index is 0.180. The van der Waals surface area contributed by atoms with Gasteiger partial charge in [-0.3, -0.25) is 4.79 Å². The second kappa shape index (κ2) is 7.43. The van der Waals surface area contributed by atoms with Crippen molar-refractivity contribution < 1.29 is 9.53 Å². The van der Waals surface area contributed by atoms with Gasteiger partial charge in [-0.2, -0.15) is 0 Å². The van der Waals surface area contributed by atoms with Crippen molar-refractivity contribution >= 4 is 27.7 Å². The first kappa shape index (κ1) is 17.6. The molecule has 2 bridgehead atoms. The van der Waals surface area contributed by atoms with Crippen LogP contribution in [0.4, 0.5) is 5.82 Å². The van der Waals surface area contributed by atoms with E-state index in [1.165, 1.54) is 0 Å². The van der Waals surface area contributed by atoms with Gasteiger partial charge >= 0.3 is 0 Å². The van der Waals surface area contributed by atoms with Gasteiger partial charge in [0.25, 0.3) is 5.91 Å². The zero-order valence-electron chi connectivity index (χ0n) is 14.6. The van der Waals surface area contributed by atoms with Crippen LogP contribution in [0.1, 0.15) is 36.2 Å². The Morgan fingerprint density at radius 3 is 3.15 bits per heavy atom. The van der Waals surface area contributed by atoms with Crippen molar-refractivity contribution in [2.45, 2.75) is 25.8 Å². The fourth-order valence-corrected chi connectivity index (χ4v) is 3.28. The SMILES string of the molecule is C[C@H]1CCCOc2ncc(Br)cc2C(=O)Nc2cccc(n2)-c2nncn21. The van der Waals surface area contributed by atoms with Gasteiger partial charge in [-0.05, 0) is 53.9 Å². The van der Waals surface area contributed by atoms with E-state index in [0.717, 1.165) is 12.8 Å². The fourth-order valence-electron chi connectivity index (χ4n) is 2.95. The Morgan fingerprint density at radius 2 is 2.26 bits per heavy atom. The van der Waals surface area contributed by atoms with Crippen LogP contribution in [-0.4, -0.2) is 37.2 Å². The molecule has 0 saturated carbocycles. The average molecular weight is 429 g/mol. The van der Waals surface area contributed by atoms with Crippen molar-refractivity contribution in [2.24, 2.45) is 0 Å². The van der Waals surface area contributed by atoms with Crippen molar-refractivity contribution in [1.82, 2.24) is 24.7 Å². The first-order valence-electron chi connectivity index (χ1n) is 8.58. The summed E-state index contributed by atoms with van der Waals surface area (Å²) >= 11 is 3.35. The van der Waals surface area contributed by atoms with Gasteiger partial charge in [-0.1, -0.05) is 6.07 Å². The largest absolute Gasteiger partial charge is 0.477 e. The van der Waals surface area contributed by atoms with Crippen LogP contribution >= 0.6 is 15.9 Å². The molecule has 4 heterocycles. The van der Waals surface area contributed by atoms with Crippen molar-refractivity contribution in [3.05, 3.63) is 46.8 Å². The molecule has 0 aliphatic carbocycles. The zero-order chi connectivity index (χ0) is 18.8. The summed E-state index contributed by atoms with van der Waals surface area (Å²) in [5.41, 5.74) is 1.00. The molecule has 27 heavy (non-hydrogen) atoms. The molecule has 0 radical (unpaired) electrons. The summed E-state index contributed by atoms with van der Waals surface area (Å²) < 4.78 is 8.46. The van der Waals surface area contributed by atoms with E-state index >= 15 is 0 Å². The van der Waals surface area contributed by atoms with Crippen LogP contribution in [-0.2, 0) is 0 Å². The minimum Gasteiger partial charge on any atom is -0.477 e. The van der Waals surface area contributed by atoms with E-state index in [4.69, 9.17) is 4.74 Å². The molecule has 1 amide bonds. The molecule has 9 heteroatoms. The number of anilines is 1. The number of nitrogens with one attached hydrogen (secondary N) is 1. The molecule has 1 aliphatic heterocycles. The number of halogens is 1. The number of amides is 1. The van der Waals surface area contributed by atoms with Crippen LogP contribution in [0.2, 0.25) is 0 Å². The number of ether oxygens (including phenoxy) is 1. The molecule has 0 unspecified atom stereocenters. The van der Waals surface area contributed by atoms with Crippen LogP contribution in [0.3, 0.4) is 0 Å². The molecule has 3 aromatic heterocycles. The van der Waals surface area contributed by atoms with Gasteiger partial charge in [-0.15, -0.1) is 10.2 Å². The van der Waals surface area contributed by atoms with Gasteiger partial charge in [0.2, 0.25) is 5.88 Å². The molecule has 0 spiro atoms. The van der Waals surface area contributed by atoms with Gasteiger partial charge in [0.1, 0.15) is 23.4 Å². The summed E-state index contributed by atoms with van der Waals surface area (Å²) in [4.78, 5) is 21.5. The average Bonchev–Trinajstić information content (AvgIpc) is 3.15. The number of carbonyl (C=O) groups is 1. The number of rotatable bonds is 0. The lowest BCUT2D eigenvalue weighted by molar-refractivity contribution is 0.102. The van der Waals surface area contributed by atoms with Gasteiger partial charge < -0.3 is 14.6 Å². The lowest BCUT2D eigenvalue weighted by Crippen LogP contribution is -2.17. The normalized spacial score (nSPS) is 17.1. The third-order valence-electron chi connectivity index (χ3n) is 4.34. The molecule has 1 aliphatic rings. The van der Waals surface area contributed by atoms with E-state index in [0.29, 0.717) is 39.9 Å². The molecule has 0 aromatic carbocycles. The van der Waals surface area contributed by atoms with E-state index in [1.54, 1.807) is 24.7 Å². The van der Waals surface area contributed by atoms with Crippen molar-refractivity contribution in [1.29, 1.82) is 0 Å². The molecule has 138 valence electrons. The molecule has 0 saturated heterocycles. The van der Waals surface area contributed by atoms with Gasteiger partial charge in [0.15, 0.2) is 5.82 Å². The number of hydrogen-bond donors (Lipinski definition) is 1. The Morgan fingerprint density at radius 1 is 1.37 bits per heavy atom. The number of hydrogen-bond acceptors (Lipinski definition) is 6. The maximum Gasteiger partial charge on any atom is 0.262 e. The summed E-state index contributed by atoms with van der Waals surface area (Å²) in [6.45, 7) is 2.56. The first-order valence-corrected chi connectivity index (χ1v) is 9.38. The minimum atomic E-state index is -0.338. The quantitative estimate of drug-likeness (QED) is 0.588. The maximum absolute atomic E-state index is 12.8. The highest BCUT2D eigenvalue weighted by molar-refractivity contribution is 9.10. The number of fused-ring (bicyclic) bond motifs is 5. The van der Waals surface area contributed by atoms with Gasteiger partial charge in [0, 0.05) is 16.7 Å². The lowest BCUT2D eigenvalue weighted by atomic mass is 10.1. The van der Waals surface area contributed by atoms with Crippen molar-refractivity contribution in [2.75, 3.05) is 11.9 Å². The van der Waals surface area contributed by atoms with E-state index in [1.807, 2.05) is 16.7 Å². The standard InChI is InChI=1S/C18H17BrN6O2/c1-11-4-3-7-27-18-13(8-12(19)9-20-18)17(26)23-15-6-2-5-14(22-15)16-24-21-10-25(11)16/h2,5-6,8-11H,3-4,7H2,1H3,(H,22,23,26)/t11-/m0/s1. The van der Waals surface area contributed by atoms with Crippen molar-refractivity contribution in [3.8, 4) is 17.4 Å². The Bertz CT molecular complexity index is 989.